The lowest BCUT2D eigenvalue weighted by Gasteiger charge is -2.42. The van der Waals surface area contributed by atoms with Gasteiger partial charge in [-0.3, -0.25) is 58.1 Å². The van der Waals surface area contributed by atoms with E-state index in [9.17, 15) is 58.5 Å². The first-order valence-electron chi connectivity index (χ1n) is 30.7. The van der Waals surface area contributed by atoms with Crippen LogP contribution in [0.25, 0.3) is 0 Å². The Morgan fingerprint density at radius 2 is 1.25 bits per heavy atom. The second kappa shape index (κ2) is 35.1. The van der Waals surface area contributed by atoms with Crippen molar-refractivity contribution in [1.29, 1.82) is 0 Å². The number of amides is 9. The van der Waals surface area contributed by atoms with Gasteiger partial charge in [0.1, 0.15) is 42.3 Å². The van der Waals surface area contributed by atoms with Crippen molar-refractivity contribution in [3.63, 3.8) is 0 Å². The largest absolute Gasteiger partial charge is 0.480 e. The number of aliphatic carboxylic acids is 1. The van der Waals surface area contributed by atoms with Crippen LogP contribution >= 0.6 is 11.3 Å². The highest BCUT2D eigenvalue weighted by molar-refractivity contribution is 7.09. The summed E-state index contributed by atoms with van der Waals surface area (Å²) in [5.74, 6) is -8.41. The molecular weight excluding hydrogens is 1200 g/mol. The van der Waals surface area contributed by atoms with Crippen LogP contribution in [0.5, 0.6) is 0 Å². The number of nitrogens with one attached hydrogen (secondary N) is 5. The number of likely N-dealkylation sites (tertiary alicyclic amines) is 2. The molecule has 2 saturated heterocycles. The Morgan fingerprint density at radius 1 is 0.648 bits per heavy atom. The number of rotatable bonds is 32. The number of aliphatic imine (C=N–C) groups is 3. The van der Waals surface area contributed by atoms with Gasteiger partial charge in [-0.05, 0) is 86.8 Å². The topological polar surface area (TPSA) is 524 Å². The minimum Gasteiger partial charge on any atom is -0.480 e. The summed E-state index contributed by atoms with van der Waals surface area (Å²) in [5, 5.41) is 46.4. The van der Waals surface area contributed by atoms with E-state index in [4.69, 9.17) is 40.1 Å². The molecule has 2 aromatic rings. The zero-order valence-electron chi connectivity index (χ0n) is 51.0. The number of thiophene rings is 1. The lowest BCUT2D eigenvalue weighted by Crippen LogP contribution is -2.62. The molecule has 0 spiro atoms. The fourth-order valence-corrected chi connectivity index (χ4v) is 12.6. The normalized spacial score (nSPS) is 19.6. The van der Waals surface area contributed by atoms with Crippen molar-refractivity contribution in [2.45, 2.75) is 170 Å². The van der Waals surface area contributed by atoms with Crippen molar-refractivity contribution in [3.05, 3.63) is 57.8 Å². The Morgan fingerprint density at radius 3 is 1.87 bits per heavy atom. The second-order valence-corrected chi connectivity index (χ2v) is 24.2. The number of guanidine groups is 3. The minimum absolute atomic E-state index is 0.0000608. The van der Waals surface area contributed by atoms with Crippen LogP contribution in [0.2, 0.25) is 0 Å². The predicted octanol–water partition coefficient (Wildman–Crippen LogP) is -5.02. The number of benzene rings is 1. The number of aliphatic hydroxyl groups is 2. The van der Waals surface area contributed by atoms with E-state index in [1.165, 1.54) is 26.0 Å². The van der Waals surface area contributed by atoms with Crippen LogP contribution in [-0.4, -0.2) is 225 Å². The van der Waals surface area contributed by atoms with Gasteiger partial charge in [-0.25, -0.2) is 4.79 Å². The predicted molar refractivity (Wildman–Crippen MR) is 335 cm³/mol. The van der Waals surface area contributed by atoms with Crippen molar-refractivity contribution in [2.75, 3.05) is 52.4 Å². The third-order valence-corrected chi connectivity index (χ3v) is 17.3. The SMILES string of the molecule is NC(N)=NCCC[C@@H](N)C(=O)N[C@@H](CCCN=C(N)N)C(=O)N1CCC[C@@H]1C(=O)N1CC(O)C[C@@H]1C(=O)NCC(=O)N[C@@H](Cc1cccs1)C(=O)N[C@@H](CO)C(=O)N1Cc2ccccc2C[C@H]1C(=O)N(CC(=O)N[C@@H](CCCN=C(N)N)C(=O)O)C1CCCCC1. The van der Waals surface area contributed by atoms with Gasteiger partial charge < -0.3 is 102 Å². The smallest absolute Gasteiger partial charge is 0.326 e. The van der Waals surface area contributed by atoms with Gasteiger partial charge in [0, 0.05) is 69.4 Å². The molecular formula is C58H89N19O13S. The number of nitrogens with zero attached hydrogens (tertiary/aromatic N) is 7. The Labute approximate surface area is 530 Å². The van der Waals surface area contributed by atoms with E-state index in [2.05, 4.69) is 41.6 Å². The lowest BCUT2D eigenvalue weighted by atomic mass is 9.90. The number of carboxylic acid groups (broad SMARTS) is 1. The number of hydrogen-bond acceptors (Lipinski definition) is 17. The minimum atomic E-state index is -1.67. The summed E-state index contributed by atoms with van der Waals surface area (Å²) in [4.78, 5) is 158. The number of carbonyl (C=O) groups excluding carboxylic acids is 9. The summed E-state index contributed by atoms with van der Waals surface area (Å²) in [6, 6.07) is -0.107. The Hall–Kier alpha value is -8.69. The van der Waals surface area contributed by atoms with E-state index < -0.39 is 139 Å². The van der Waals surface area contributed by atoms with Crippen molar-refractivity contribution in [2.24, 2.45) is 55.1 Å². The molecule has 33 heteroatoms. The zero-order valence-corrected chi connectivity index (χ0v) is 51.8. The molecule has 3 aliphatic heterocycles. The fourth-order valence-electron chi connectivity index (χ4n) is 11.8. The second-order valence-electron chi connectivity index (χ2n) is 23.1. The maximum Gasteiger partial charge on any atom is 0.326 e. The van der Waals surface area contributed by atoms with Crippen molar-refractivity contribution in [3.8, 4) is 0 Å². The Kier molecular flexibility index (Phi) is 27.5. The van der Waals surface area contributed by atoms with Gasteiger partial charge >= 0.3 is 5.97 Å². The van der Waals surface area contributed by atoms with E-state index in [0.29, 0.717) is 36.1 Å². The van der Waals surface area contributed by atoms with Crippen LogP contribution in [0.3, 0.4) is 0 Å². The Balaban J connectivity index is 1.13. The maximum absolute atomic E-state index is 15.1. The van der Waals surface area contributed by atoms with Gasteiger partial charge in [-0.1, -0.05) is 49.6 Å². The summed E-state index contributed by atoms with van der Waals surface area (Å²) in [6.07, 6.45) is 3.67. The average Bonchev–Trinajstić information content (AvgIpc) is 1.56. The van der Waals surface area contributed by atoms with Crippen LogP contribution in [0.1, 0.15) is 106 Å². The number of β-amino-alcohol motifs (C(OH)–C–C–N with tert-alkyl or cyclic N) is 1. The highest BCUT2D eigenvalue weighted by Crippen LogP contribution is 2.30. The van der Waals surface area contributed by atoms with Crippen LogP contribution in [-0.2, 0) is 67.3 Å². The first kappa shape index (κ1) is 71.4. The van der Waals surface area contributed by atoms with E-state index in [1.807, 2.05) is 6.07 Å². The number of carbonyl (C=O) groups is 10. The molecule has 22 N–H and O–H groups in total. The highest BCUT2D eigenvalue weighted by Gasteiger charge is 2.47. The third-order valence-electron chi connectivity index (χ3n) is 16.4. The molecule has 0 radical (unpaired) electrons. The molecule has 91 heavy (non-hydrogen) atoms. The standard InChI is InChI=1S/C58H89N19O13S/c59-38(16-6-20-66-56(60)61)48(82)72-39(17-7-21-67-57(62)63)51(85)74-23-9-19-43(74)53(87)77-30-36(79)26-44(77)50(84)69-28-46(80)71-41(27-37-15-10-24-91-37)49(83)73-42(32-78)52(86)76-29-34-12-5-4-11-33(34)25-45(76)54(88)75(35-13-2-1-3-14-35)31-47(81)70-40(55(89)90)18-8-22-68-58(64)65/h4-5,10-12,15,24,35-36,38-45,78-79H,1-3,6-9,13-14,16-23,25-32,59H2,(H,69,84)(H,70,81)(H,71,80)(H,72,82)(H,73,83)(H,89,90)(H4,60,61,66)(H4,62,63,67)(H4,64,65,68)/t36?,38-,39+,40+,41+,42+,43-,44-,45+/m1/s1. The molecule has 32 nitrogen and oxygen atoms in total. The summed E-state index contributed by atoms with van der Waals surface area (Å²) in [7, 11) is 0. The van der Waals surface area contributed by atoms with Crippen molar-refractivity contribution >= 4 is 88.3 Å². The number of nitrogens with two attached hydrogens (primary N) is 7. The van der Waals surface area contributed by atoms with Gasteiger partial charge in [0.2, 0.25) is 53.2 Å². The van der Waals surface area contributed by atoms with Gasteiger partial charge in [-0.2, -0.15) is 0 Å². The molecule has 1 aromatic carbocycles. The number of hydrogen-bond donors (Lipinski definition) is 15. The molecule has 500 valence electrons. The summed E-state index contributed by atoms with van der Waals surface area (Å²) < 4.78 is 0. The summed E-state index contributed by atoms with van der Waals surface area (Å²) >= 11 is 1.27. The van der Waals surface area contributed by atoms with Gasteiger partial charge in [0.25, 0.3) is 0 Å². The first-order chi connectivity index (χ1) is 43.4. The van der Waals surface area contributed by atoms with Gasteiger partial charge in [-0.15, -0.1) is 11.3 Å². The molecule has 1 aromatic heterocycles. The fraction of sp³-hybridized carbons (Fsp3) is 0.603. The van der Waals surface area contributed by atoms with Crippen LogP contribution in [0.15, 0.2) is 56.8 Å². The maximum atomic E-state index is 15.1. The number of carboxylic acids is 1. The van der Waals surface area contributed by atoms with E-state index in [1.54, 1.807) is 35.7 Å². The molecule has 9 amide bonds. The summed E-state index contributed by atoms with van der Waals surface area (Å²) in [5.41, 5.74) is 40.2. The third kappa shape index (κ3) is 21.2. The number of fused-ring (bicyclic) bond motifs is 1. The van der Waals surface area contributed by atoms with Crippen molar-refractivity contribution in [1.82, 2.24) is 46.2 Å². The van der Waals surface area contributed by atoms with Crippen molar-refractivity contribution < 1.29 is 63.3 Å². The average molecular weight is 1290 g/mol. The van der Waals surface area contributed by atoms with Crippen LogP contribution in [0.4, 0.5) is 0 Å². The monoisotopic (exact) mass is 1290 g/mol. The zero-order chi connectivity index (χ0) is 66.3. The van der Waals surface area contributed by atoms with E-state index >= 15 is 4.79 Å². The molecule has 1 unspecified atom stereocenters. The lowest BCUT2D eigenvalue weighted by molar-refractivity contribution is -0.152. The van der Waals surface area contributed by atoms with Gasteiger partial charge in [0.05, 0.1) is 31.8 Å². The number of aliphatic hydroxyl groups excluding tert-OH is 2. The molecule has 1 aliphatic carbocycles. The Bertz CT molecular complexity index is 2950. The summed E-state index contributed by atoms with van der Waals surface area (Å²) in [6.45, 7) is -2.00. The quantitative estimate of drug-likeness (QED) is 0.0185. The molecule has 1 saturated carbocycles. The molecule has 0 bridgehead atoms. The van der Waals surface area contributed by atoms with Crippen LogP contribution in [0, 0.1) is 0 Å². The first-order valence-corrected chi connectivity index (χ1v) is 31.6. The molecule has 9 atom stereocenters. The highest BCUT2D eigenvalue weighted by atomic mass is 32.1. The molecule has 3 fully saturated rings. The van der Waals surface area contributed by atoms with E-state index in [-0.39, 0.29) is 115 Å². The van der Waals surface area contributed by atoms with Crippen LogP contribution < -0.4 is 66.7 Å². The molecule has 6 rings (SSSR count). The van der Waals surface area contributed by atoms with Gasteiger partial charge in [0.15, 0.2) is 17.9 Å². The molecule has 4 aliphatic rings. The van der Waals surface area contributed by atoms with E-state index in [0.717, 1.165) is 29.7 Å². The molecule has 4 heterocycles.